The lowest BCUT2D eigenvalue weighted by Gasteiger charge is -2.16. The van der Waals surface area contributed by atoms with E-state index >= 15 is 0 Å². The lowest BCUT2D eigenvalue weighted by Crippen LogP contribution is -2.21. The molecule has 0 aliphatic rings. The lowest BCUT2D eigenvalue weighted by molar-refractivity contribution is 0.463. The topological polar surface area (TPSA) is 35.2 Å². The Labute approximate surface area is 125 Å². The molecule has 0 heterocycles. The molecule has 0 saturated heterocycles. The van der Waals surface area contributed by atoms with E-state index in [0.717, 1.165) is 35.3 Å². The molecule has 2 nitrogen and oxygen atoms in total. The zero-order chi connectivity index (χ0) is 15.4. The molecular weight excluding hydrogens is 265 g/mol. The van der Waals surface area contributed by atoms with Crippen molar-refractivity contribution in [2.45, 2.75) is 39.7 Å². The molecule has 0 fully saturated rings. The van der Waals surface area contributed by atoms with Crippen molar-refractivity contribution in [3.05, 3.63) is 58.9 Å². The fourth-order valence-corrected chi connectivity index (χ4v) is 2.20. The van der Waals surface area contributed by atoms with Crippen LogP contribution < -0.4 is 10.5 Å². The molecule has 0 saturated carbocycles. The van der Waals surface area contributed by atoms with E-state index in [1.807, 2.05) is 26.0 Å². The molecule has 2 N–H and O–H groups in total. The predicted octanol–water partition coefficient (Wildman–Crippen LogP) is 4.51. The van der Waals surface area contributed by atoms with E-state index in [9.17, 15) is 4.39 Å². The summed E-state index contributed by atoms with van der Waals surface area (Å²) in [6, 6.07) is 10.7. The van der Waals surface area contributed by atoms with E-state index in [1.165, 1.54) is 12.1 Å². The summed E-state index contributed by atoms with van der Waals surface area (Å²) in [6.45, 7) is 6.01. The quantitative estimate of drug-likeness (QED) is 0.877. The summed E-state index contributed by atoms with van der Waals surface area (Å²) >= 11 is 0. The fourth-order valence-electron chi connectivity index (χ4n) is 2.20. The summed E-state index contributed by atoms with van der Waals surface area (Å²) in [5.74, 6) is 0.998. The Balaban J connectivity index is 2.32. The van der Waals surface area contributed by atoms with Crippen LogP contribution in [0.1, 0.15) is 30.0 Å². The maximum atomic E-state index is 13.4. The molecule has 0 aromatic heterocycles. The smallest absolute Gasteiger partial charge is 0.133 e. The number of hydrogen-bond donors (Lipinski definition) is 1. The van der Waals surface area contributed by atoms with Gasteiger partial charge in [0.05, 0.1) is 0 Å². The SMILES string of the molecule is CCC(N)Cc1cc(C)ccc1Oc1cc(F)ccc1C. The van der Waals surface area contributed by atoms with E-state index in [0.29, 0.717) is 5.75 Å². The second-order valence-corrected chi connectivity index (χ2v) is 5.50. The molecule has 0 aliphatic carbocycles. The summed E-state index contributed by atoms with van der Waals surface area (Å²) in [6.07, 6.45) is 1.66. The van der Waals surface area contributed by atoms with Gasteiger partial charge in [-0.05, 0) is 49.9 Å². The number of halogens is 1. The third-order valence-corrected chi connectivity index (χ3v) is 3.59. The lowest BCUT2D eigenvalue weighted by atomic mass is 10.0. The van der Waals surface area contributed by atoms with Crippen molar-refractivity contribution in [1.82, 2.24) is 0 Å². The van der Waals surface area contributed by atoms with Gasteiger partial charge < -0.3 is 10.5 Å². The van der Waals surface area contributed by atoms with Crippen molar-refractivity contribution >= 4 is 0 Å². The first kappa shape index (κ1) is 15.5. The van der Waals surface area contributed by atoms with Crippen molar-refractivity contribution < 1.29 is 9.13 Å². The summed E-state index contributed by atoms with van der Waals surface area (Å²) in [4.78, 5) is 0. The molecule has 0 spiro atoms. The average Bonchev–Trinajstić information content (AvgIpc) is 2.45. The Hall–Kier alpha value is -1.87. The number of aryl methyl sites for hydroxylation is 2. The number of rotatable bonds is 5. The van der Waals surface area contributed by atoms with Gasteiger partial charge in [0.2, 0.25) is 0 Å². The first-order chi connectivity index (χ1) is 9.99. The molecule has 3 heteroatoms. The van der Waals surface area contributed by atoms with Gasteiger partial charge in [-0.25, -0.2) is 4.39 Å². The Bertz CT molecular complexity index is 625. The summed E-state index contributed by atoms with van der Waals surface area (Å²) < 4.78 is 19.3. The monoisotopic (exact) mass is 287 g/mol. The normalized spacial score (nSPS) is 12.2. The van der Waals surface area contributed by atoms with Crippen molar-refractivity contribution in [2.75, 3.05) is 0 Å². The highest BCUT2D eigenvalue weighted by atomic mass is 19.1. The van der Waals surface area contributed by atoms with Gasteiger partial charge in [-0.2, -0.15) is 0 Å². The molecule has 0 aliphatic heterocycles. The Kier molecular flexibility index (Phi) is 4.97. The van der Waals surface area contributed by atoms with Crippen molar-refractivity contribution in [1.29, 1.82) is 0 Å². The van der Waals surface area contributed by atoms with Gasteiger partial charge in [0.15, 0.2) is 0 Å². The van der Waals surface area contributed by atoms with Gasteiger partial charge in [0.25, 0.3) is 0 Å². The van der Waals surface area contributed by atoms with E-state index in [-0.39, 0.29) is 11.9 Å². The zero-order valence-corrected chi connectivity index (χ0v) is 12.8. The van der Waals surface area contributed by atoms with E-state index in [1.54, 1.807) is 6.07 Å². The Morgan fingerprint density at radius 3 is 2.57 bits per heavy atom. The average molecular weight is 287 g/mol. The predicted molar refractivity (Wildman–Crippen MR) is 84.4 cm³/mol. The zero-order valence-electron chi connectivity index (χ0n) is 12.8. The first-order valence-electron chi connectivity index (χ1n) is 7.28. The third-order valence-electron chi connectivity index (χ3n) is 3.59. The molecule has 2 rings (SSSR count). The number of benzene rings is 2. The van der Waals surface area contributed by atoms with E-state index < -0.39 is 0 Å². The molecule has 1 unspecified atom stereocenters. The van der Waals surface area contributed by atoms with Crippen molar-refractivity contribution in [2.24, 2.45) is 5.73 Å². The second kappa shape index (κ2) is 6.72. The molecule has 2 aromatic rings. The maximum absolute atomic E-state index is 13.4. The van der Waals surface area contributed by atoms with Crippen LogP contribution in [0.5, 0.6) is 11.5 Å². The summed E-state index contributed by atoms with van der Waals surface area (Å²) in [5.41, 5.74) is 9.19. The number of hydrogen-bond acceptors (Lipinski definition) is 2. The highest BCUT2D eigenvalue weighted by Gasteiger charge is 2.11. The van der Waals surface area contributed by atoms with E-state index in [2.05, 4.69) is 13.0 Å². The first-order valence-corrected chi connectivity index (χ1v) is 7.28. The van der Waals surface area contributed by atoms with Crippen LogP contribution in [0.25, 0.3) is 0 Å². The minimum absolute atomic E-state index is 0.0998. The second-order valence-electron chi connectivity index (χ2n) is 5.50. The Morgan fingerprint density at radius 1 is 1.10 bits per heavy atom. The highest BCUT2D eigenvalue weighted by molar-refractivity contribution is 5.43. The molecule has 21 heavy (non-hydrogen) atoms. The summed E-state index contributed by atoms with van der Waals surface area (Å²) in [7, 11) is 0. The van der Waals surface area contributed by atoms with Crippen LogP contribution in [0.2, 0.25) is 0 Å². The van der Waals surface area contributed by atoms with Gasteiger partial charge in [0.1, 0.15) is 17.3 Å². The van der Waals surface area contributed by atoms with Crippen LogP contribution in [-0.2, 0) is 6.42 Å². The minimum Gasteiger partial charge on any atom is -0.457 e. The van der Waals surface area contributed by atoms with Crippen LogP contribution in [0, 0.1) is 19.7 Å². The molecule has 112 valence electrons. The van der Waals surface area contributed by atoms with Gasteiger partial charge in [0, 0.05) is 12.1 Å². The van der Waals surface area contributed by atoms with E-state index in [4.69, 9.17) is 10.5 Å². The maximum Gasteiger partial charge on any atom is 0.133 e. The van der Waals surface area contributed by atoms with Gasteiger partial charge in [-0.15, -0.1) is 0 Å². The molecular formula is C18H22FNO. The number of nitrogens with two attached hydrogens (primary N) is 1. The van der Waals surface area contributed by atoms with Crippen LogP contribution in [0.15, 0.2) is 36.4 Å². The molecule has 0 bridgehead atoms. The standard InChI is InChI=1S/C18H22FNO/c1-4-16(20)10-14-9-12(2)5-8-17(14)21-18-11-15(19)7-6-13(18)3/h5-9,11,16H,4,10,20H2,1-3H3. The molecule has 0 radical (unpaired) electrons. The minimum atomic E-state index is -0.297. The fraction of sp³-hybridized carbons (Fsp3) is 0.333. The van der Waals surface area contributed by atoms with Crippen LogP contribution in [0.4, 0.5) is 4.39 Å². The van der Waals surface area contributed by atoms with Crippen LogP contribution >= 0.6 is 0 Å². The van der Waals surface area contributed by atoms with Crippen LogP contribution in [0.3, 0.4) is 0 Å². The number of ether oxygens (including phenoxy) is 1. The van der Waals surface area contributed by atoms with Crippen molar-refractivity contribution in [3.63, 3.8) is 0 Å². The third kappa shape index (κ3) is 4.05. The van der Waals surface area contributed by atoms with Gasteiger partial charge in [-0.1, -0.05) is 30.7 Å². The summed E-state index contributed by atoms with van der Waals surface area (Å²) in [5, 5.41) is 0. The highest BCUT2D eigenvalue weighted by Crippen LogP contribution is 2.30. The van der Waals surface area contributed by atoms with Gasteiger partial charge in [-0.3, -0.25) is 0 Å². The van der Waals surface area contributed by atoms with Crippen molar-refractivity contribution in [3.8, 4) is 11.5 Å². The largest absolute Gasteiger partial charge is 0.457 e. The Morgan fingerprint density at radius 2 is 1.86 bits per heavy atom. The molecule has 0 amide bonds. The molecule has 1 atom stereocenters. The van der Waals surface area contributed by atoms with Gasteiger partial charge >= 0.3 is 0 Å². The van der Waals surface area contributed by atoms with Crippen LogP contribution in [-0.4, -0.2) is 6.04 Å². The molecule has 2 aromatic carbocycles.